The summed E-state index contributed by atoms with van der Waals surface area (Å²) in [4.78, 5) is 18.1. The first-order valence-corrected chi connectivity index (χ1v) is 9.17. The molecule has 0 saturated heterocycles. The van der Waals surface area contributed by atoms with Crippen LogP contribution in [0.4, 0.5) is 0 Å². The average Bonchev–Trinajstić information content (AvgIpc) is 2.62. The molecule has 1 aromatic rings. The molecule has 26 heavy (non-hydrogen) atoms. The van der Waals surface area contributed by atoms with E-state index < -0.39 is 0 Å². The number of nitrogens with zero attached hydrogens (tertiary/aromatic N) is 2. The number of carbonyl (C=O) groups is 1. The van der Waals surface area contributed by atoms with Crippen LogP contribution in [0.2, 0.25) is 0 Å². The van der Waals surface area contributed by atoms with Crippen LogP contribution in [0, 0.1) is 0 Å². The quantitative estimate of drug-likeness (QED) is 0.211. The first-order valence-electron chi connectivity index (χ1n) is 9.17. The SMILES string of the molecule is CCNC(=NCC(c1ccccc1)N(CC)CC)NCCNC(C)=O.I. The van der Waals surface area contributed by atoms with E-state index in [9.17, 15) is 4.79 Å². The van der Waals surface area contributed by atoms with Crippen molar-refractivity contribution in [2.75, 3.05) is 39.3 Å². The molecule has 3 N–H and O–H groups in total. The zero-order valence-corrected chi connectivity index (χ0v) is 18.7. The van der Waals surface area contributed by atoms with Gasteiger partial charge in [0.2, 0.25) is 5.91 Å². The lowest BCUT2D eigenvalue weighted by Crippen LogP contribution is -2.42. The second-order valence-corrected chi connectivity index (χ2v) is 5.78. The van der Waals surface area contributed by atoms with Crippen LogP contribution in [0.3, 0.4) is 0 Å². The van der Waals surface area contributed by atoms with Crippen molar-refractivity contribution in [3.63, 3.8) is 0 Å². The molecule has 6 nitrogen and oxygen atoms in total. The van der Waals surface area contributed by atoms with Crippen LogP contribution in [0.5, 0.6) is 0 Å². The van der Waals surface area contributed by atoms with Crippen molar-refractivity contribution in [2.45, 2.75) is 33.7 Å². The molecule has 0 heterocycles. The number of nitrogens with one attached hydrogen (secondary N) is 3. The molecule has 1 aromatic carbocycles. The number of likely N-dealkylation sites (N-methyl/N-ethyl adjacent to an activating group) is 1. The summed E-state index contributed by atoms with van der Waals surface area (Å²) in [6.07, 6.45) is 0. The van der Waals surface area contributed by atoms with Gasteiger partial charge in [-0.25, -0.2) is 0 Å². The van der Waals surface area contributed by atoms with Gasteiger partial charge in [-0.1, -0.05) is 44.2 Å². The van der Waals surface area contributed by atoms with Crippen molar-refractivity contribution in [1.29, 1.82) is 0 Å². The van der Waals surface area contributed by atoms with Gasteiger partial charge in [-0.15, -0.1) is 24.0 Å². The van der Waals surface area contributed by atoms with Crippen molar-refractivity contribution < 1.29 is 4.79 Å². The molecule has 1 unspecified atom stereocenters. The van der Waals surface area contributed by atoms with Gasteiger partial charge in [-0.3, -0.25) is 14.7 Å². The minimum atomic E-state index is -0.0191. The zero-order chi connectivity index (χ0) is 18.5. The lowest BCUT2D eigenvalue weighted by Gasteiger charge is -2.29. The predicted octanol–water partition coefficient (Wildman–Crippen LogP) is 2.38. The normalized spacial score (nSPS) is 12.3. The van der Waals surface area contributed by atoms with E-state index in [1.165, 1.54) is 12.5 Å². The van der Waals surface area contributed by atoms with Crippen molar-refractivity contribution in [2.24, 2.45) is 4.99 Å². The van der Waals surface area contributed by atoms with Gasteiger partial charge in [0.1, 0.15) is 0 Å². The number of hydrogen-bond acceptors (Lipinski definition) is 3. The van der Waals surface area contributed by atoms with Crippen LogP contribution < -0.4 is 16.0 Å². The van der Waals surface area contributed by atoms with Crippen molar-refractivity contribution in [3.8, 4) is 0 Å². The van der Waals surface area contributed by atoms with E-state index in [1.54, 1.807) is 0 Å². The Balaban J connectivity index is 0.00000625. The summed E-state index contributed by atoms with van der Waals surface area (Å²) in [6, 6.07) is 10.8. The highest BCUT2D eigenvalue weighted by atomic mass is 127. The number of benzene rings is 1. The van der Waals surface area contributed by atoms with Crippen molar-refractivity contribution in [1.82, 2.24) is 20.9 Å². The number of aliphatic imine (C=N–C) groups is 1. The van der Waals surface area contributed by atoms with Crippen LogP contribution in [-0.2, 0) is 4.79 Å². The minimum absolute atomic E-state index is 0. The topological polar surface area (TPSA) is 68.8 Å². The van der Waals surface area contributed by atoms with Crippen molar-refractivity contribution >= 4 is 35.8 Å². The number of halogens is 1. The van der Waals surface area contributed by atoms with E-state index in [-0.39, 0.29) is 35.9 Å². The predicted molar refractivity (Wildman–Crippen MR) is 120 cm³/mol. The third-order valence-electron chi connectivity index (χ3n) is 4.00. The van der Waals surface area contributed by atoms with Gasteiger partial charge in [0.25, 0.3) is 0 Å². The third kappa shape index (κ3) is 9.38. The van der Waals surface area contributed by atoms with Gasteiger partial charge in [0.05, 0.1) is 12.6 Å². The molecule has 0 radical (unpaired) electrons. The van der Waals surface area contributed by atoms with Crippen LogP contribution in [0.25, 0.3) is 0 Å². The average molecular weight is 475 g/mol. The highest BCUT2D eigenvalue weighted by Gasteiger charge is 2.17. The van der Waals surface area contributed by atoms with Gasteiger partial charge in [0.15, 0.2) is 5.96 Å². The van der Waals surface area contributed by atoms with E-state index in [4.69, 9.17) is 4.99 Å². The first-order chi connectivity index (χ1) is 12.1. The van der Waals surface area contributed by atoms with Gasteiger partial charge < -0.3 is 16.0 Å². The summed E-state index contributed by atoms with van der Waals surface area (Å²) in [5.41, 5.74) is 1.28. The van der Waals surface area contributed by atoms with Gasteiger partial charge in [0, 0.05) is 26.6 Å². The summed E-state index contributed by atoms with van der Waals surface area (Å²) in [5, 5.41) is 9.30. The fourth-order valence-electron chi connectivity index (χ4n) is 2.71. The van der Waals surface area contributed by atoms with Gasteiger partial charge in [-0.05, 0) is 25.6 Å². The van der Waals surface area contributed by atoms with Crippen LogP contribution in [0.1, 0.15) is 39.3 Å². The number of carbonyl (C=O) groups excluding carboxylic acids is 1. The lowest BCUT2D eigenvalue weighted by molar-refractivity contribution is -0.118. The highest BCUT2D eigenvalue weighted by molar-refractivity contribution is 14.0. The first kappa shape index (κ1) is 24.7. The smallest absolute Gasteiger partial charge is 0.216 e. The van der Waals surface area contributed by atoms with Gasteiger partial charge in [-0.2, -0.15) is 0 Å². The summed E-state index contributed by atoms with van der Waals surface area (Å²) in [7, 11) is 0. The zero-order valence-electron chi connectivity index (χ0n) is 16.4. The lowest BCUT2D eigenvalue weighted by atomic mass is 10.1. The van der Waals surface area contributed by atoms with Crippen LogP contribution in [0.15, 0.2) is 35.3 Å². The van der Waals surface area contributed by atoms with E-state index in [0.29, 0.717) is 19.6 Å². The number of hydrogen-bond donors (Lipinski definition) is 3. The molecule has 0 aliphatic heterocycles. The highest BCUT2D eigenvalue weighted by Crippen LogP contribution is 2.20. The fourth-order valence-corrected chi connectivity index (χ4v) is 2.71. The molecule has 1 atom stereocenters. The van der Waals surface area contributed by atoms with E-state index in [2.05, 4.69) is 59.0 Å². The molecule has 0 bridgehead atoms. The Morgan fingerprint density at radius 3 is 2.19 bits per heavy atom. The Labute approximate surface area is 175 Å². The number of guanidine groups is 1. The largest absolute Gasteiger partial charge is 0.357 e. The van der Waals surface area contributed by atoms with Crippen molar-refractivity contribution in [3.05, 3.63) is 35.9 Å². The fraction of sp³-hybridized carbons (Fsp3) is 0.579. The number of rotatable bonds is 10. The van der Waals surface area contributed by atoms with Gasteiger partial charge >= 0.3 is 0 Å². The summed E-state index contributed by atoms with van der Waals surface area (Å²) in [6.45, 7) is 12.6. The third-order valence-corrected chi connectivity index (χ3v) is 4.00. The Hall–Kier alpha value is -1.35. The molecule has 0 saturated carbocycles. The van der Waals surface area contributed by atoms with E-state index in [1.807, 2.05) is 13.0 Å². The number of amides is 1. The molecular formula is C19H34IN5O. The molecule has 0 aliphatic rings. The Kier molecular flexibility index (Phi) is 14.0. The Bertz CT molecular complexity index is 520. The summed E-state index contributed by atoms with van der Waals surface area (Å²) in [5.74, 6) is 0.760. The second kappa shape index (κ2) is 14.8. The molecule has 0 aromatic heterocycles. The molecule has 0 spiro atoms. The Morgan fingerprint density at radius 1 is 1.04 bits per heavy atom. The molecular weight excluding hydrogens is 441 g/mol. The van der Waals surface area contributed by atoms with E-state index >= 15 is 0 Å². The maximum Gasteiger partial charge on any atom is 0.216 e. The molecule has 0 fully saturated rings. The molecule has 148 valence electrons. The van der Waals surface area contributed by atoms with E-state index in [0.717, 1.165) is 25.6 Å². The summed E-state index contributed by atoms with van der Waals surface area (Å²) >= 11 is 0. The van der Waals surface area contributed by atoms with Crippen LogP contribution >= 0.6 is 24.0 Å². The molecule has 1 rings (SSSR count). The monoisotopic (exact) mass is 475 g/mol. The molecule has 1 amide bonds. The maximum atomic E-state index is 10.9. The molecule has 7 heteroatoms. The minimum Gasteiger partial charge on any atom is -0.357 e. The summed E-state index contributed by atoms with van der Waals surface area (Å²) < 4.78 is 0. The standard InChI is InChI=1S/C19H33N5O.HI/c1-5-20-19(22-14-13-21-16(4)25)23-15-18(24(6-2)7-3)17-11-9-8-10-12-17;/h8-12,18H,5-7,13-15H2,1-4H3,(H,21,25)(H2,20,22,23);1H. The second-order valence-electron chi connectivity index (χ2n) is 5.78. The Morgan fingerprint density at radius 2 is 1.65 bits per heavy atom. The van der Waals surface area contributed by atoms with Crippen LogP contribution in [-0.4, -0.2) is 56.0 Å². The maximum absolute atomic E-state index is 10.9. The molecule has 0 aliphatic carbocycles.